The number of nitrogens with one attached hydrogen (secondary N) is 1. The molecular weight excluding hydrogens is 281 g/mol. The molecule has 0 saturated heterocycles. The summed E-state index contributed by atoms with van der Waals surface area (Å²) < 4.78 is 29.2. The van der Waals surface area contributed by atoms with Gasteiger partial charge in [0.25, 0.3) is 0 Å². The SMILES string of the molecule is COCCOc1cc(-c2ncco2)c(NC(N)=O)cc1F. The summed E-state index contributed by atoms with van der Waals surface area (Å²) in [7, 11) is 1.51. The number of nitrogens with zero attached hydrogens (tertiary/aromatic N) is 1. The zero-order valence-electron chi connectivity index (χ0n) is 11.3. The van der Waals surface area contributed by atoms with Crippen molar-refractivity contribution >= 4 is 11.7 Å². The Morgan fingerprint density at radius 3 is 2.90 bits per heavy atom. The lowest BCUT2D eigenvalue weighted by Gasteiger charge is -2.12. The Kier molecular flexibility index (Phi) is 4.72. The second-order valence-electron chi connectivity index (χ2n) is 4.00. The number of benzene rings is 1. The topological polar surface area (TPSA) is 99.6 Å². The molecule has 0 aliphatic carbocycles. The van der Waals surface area contributed by atoms with E-state index in [-0.39, 0.29) is 23.9 Å². The molecule has 0 spiro atoms. The van der Waals surface area contributed by atoms with Gasteiger partial charge in [-0.05, 0) is 6.07 Å². The van der Waals surface area contributed by atoms with Gasteiger partial charge in [0.2, 0.25) is 5.89 Å². The van der Waals surface area contributed by atoms with Crippen molar-refractivity contribution in [2.24, 2.45) is 5.73 Å². The number of carbonyl (C=O) groups excluding carboxylic acids is 1. The number of ether oxygens (including phenoxy) is 2. The summed E-state index contributed by atoms with van der Waals surface area (Å²) in [5.41, 5.74) is 5.56. The van der Waals surface area contributed by atoms with Crippen molar-refractivity contribution in [2.45, 2.75) is 0 Å². The molecule has 21 heavy (non-hydrogen) atoms. The van der Waals surface area contributed by atoms with E-state index in [9.17, 15) is 9.18 Å². The second-order valence-corrected chi connectivity index (χ2v) is 4.00. The average molecular weight is 295 g/mol. The minimum absolute atomic E-state index is 0.00438. The Morgan fingerprint density at radius 2 is 2.29 bits per heavy atom. The summed E-state index contributed by atoms with van der Waals surface area (Å²) in [6.07, 6.45) is 2.79. The number of hydrogen-bond donors (Lipinski definition) is 2. The molecule has 3 N–H and O–H groups in total. The van der Waals surface area contributed by atoms with Crippen LogP contribution in [0.5, 0.6) is 5.75 Å². The van der Waals surface area contributed by atoms with Crippen LogP contribution in [0.15, 0.2) is 29.0 Å². The molecule has 7 nitrogen and oxygen atoms in total. The fourth-order valence-corrected chi connectivity index (χ4v) is 1.67. The van der Waals surface area contributed by atoms with Gasteiger partial charge in [-0.1, -0.05) is 0 Å². The number of aromatic nitrogens is 1. The predicted octanol–water partition coefficient (Wildman–Crippen LogP) is 2.00. The lowest BCUT2D eigenvalue weighted by Crippen LogP contribution is -2.20. The number of rotatable bonds is 6. The maximum absolute atomic E-state index is 13.9. The zero-order valence-corrected chi connectivity index (χ0v) is 11.3. The first-order valence-corrected chi connectivity index (χ1v) is 6.03. The third kappa shape index (κ3) is 3.69. The molecule has 0 radical (unpaired) electrons. The van der Waals surface area contributed by atoms with Crippen LogP contribution in [0.1, 0.15) is 0 Å². The van der Waals surface area contributed by atoms with Crippen molar-refractivity contribution in [3.63, 3.8) is 0 Å². The van der Waals surface area contributed by atoms with Crippen molar-refractivity contribution in [1.82, 2.24) is 4.98 Å². The van der Waals surface area contributed by atoms with Gasteiger partial charge in [-0.3, -0.25) is 0 Å². The number of methoxy groups -OCH3 is 1. The van der Waals surface area contributed by atoms with Crippen molar-refractivity contribution in [1.29, 1.82) is 0 Å². The van der Waals surface area contributed by atoms with Gasteiger partial charge in [0.1, 0.15) is 12.9 Å². The van der Waals surface area contributed by atoms with E-state index in [1.54, 1.807) is 0 Å². The summed E-state index contributed by atoms with van der Waals surface area (Å²) in [6.45, 7) is 0.496. The van der Waals surface area contributed by atoms with Crippen LogP contribution in [-0.2, 0) is 4.74 Å². The van der Waals surface area contributed by atoms with Crippen molar-refractivity contribution in [2.75, 3.05) is 25.6 Å². The smallest absolute Gasteiger partial charge is 0.316 e. The Morgan fingerprint density at radius 1 is 1.48 bits per heavy atom. The highest BCUT2D eigenvalue weighted by molar-refractivity contribution is 5.92. The summed E-state index contributed by atoms with van der Waals surface area (Å²) in [5.74, 6) is -0.448. The number of primary amides is 1. The molecule has 0 bridgehead atoms. The van der Waals surface area contributed by atoms with Crippen LogP contribution >= 0.6 is 0 Å². The standard InChI is InChI=1S/C13H14FN3O4/c1-19-4-5-20-11-6-8(12-16-2-3-21-12)10(7-9(11)14)17-13(15)18/h2-3,6-7H,4-5H2,1H3,(H3,15,17,18). The molecule has 0 unspecified atom stereocenters. The van der Waals surface area contributed by atoms with Crippen LogP contribution in [0.3, 0.4) is 0 Å². The number of anilines is 1. The second kappa shape index (κ2) is 6.71. The monoisotopic (exact) mass is 295 g/mol. The molecule has 2 rings (SSSR count). The molecule has 1 aromatic carbocycles. The minimum atomic E-state index is -0.824. The van der Waals surface area contributed by atoms with Crippen LogP contribution in [-0.4, -0.2) is 31.3 Å². The number of carbonyl (C=O) groups is 1. The Balaban J connectivity index is 2.37. The summed E-state index contributed by atoms with van der Waals surface area (Å²) in [5, 5.41) is 2.32. The largest absolute Gasteiger partial charge is 0.488 e. The number of amides is 2. The first-order valence-electron chi connectivity index (χ1n) is 6.03. The highest BCUT2D eigenvalue weighted by Gasteiger charge is 2.16. The summed E-state index contributed by atoms with van der Waals surface area (Å²) >= 11 is 0. The van der Waals surface area contributed by atoms with Crippen LogP contribution in [0, 0.1) is 5.82 Å². The maximum Gasteiger partial charge on any atom is 0.316 e. The lowest BCUT2D eigenvalue weighted by molar-refractivity contribution is 0.144. The van der Waals surface area contributed by atoms with Crippen molar-refractivity contribution < 1.29 is 23.1 Å². The van der Waals surface area contributed by atoms with Gasteiger partial charge in [-0.25, -0.2) is 14.2 Å². The molecule has 1 aromatic heterocycles. The molecule has 0 aliphatic rings. The molecule has 1 heterocycles. The fraction of sp³-hybridized carbons (Fsp3) is 0.231. The van der Waals surface area contributed by atoms with E-state index in [0.717, 1.165) is 6.07 Å². The molecule has 0 fully saturated rings. The molecule has 2 amide bonds. The number of hydrogen-bond acceptors (Lipinski definition) is 5. The number of halogens is 1. The summed E-state index contributed by atoms with van der Waals surface area (Å²) in [4.78, 5) is 14.9. The Labute approximate surface area is 119 Å². The fourth-order valence-electron chi connectivity index (χ4n) is 1.67. The van der Waals surface area contributed by atoms with Crippen molar-refractivity contribution in [3.8, 4) is 17.2 Å². The normalized spacial score (nSPS) is 10.4. The molecule has 8 heteroatoms. The molecular formula is C13H14FN3O4. The first kappa shape index (κ1) is 14.8. The van der Waals surface area contributed by atoms with Crippen LogP contribution in [0.2, 0.25) is 0 Å². The molecule has 0 saturated carbocycles. The highest BCUT2D eigenvalue weighted by Crippen LogP contribution is 2.33. The first-order chi connectivity index (χ1) is 10.1. The van der Waals surface area contributed by atoms with Gasteiger partial charge in [0.05, 0.1) is 24.1 Å². The van der Waals surface area contributed by atoms with Crippen LogP contribution in [0.25, 0.3) is 11.5 Å². The molecule has 112 valence electrons. The number of urea groups is 1. The van der Waals surface area contributed by atoms with Crippen LogP contribution < -0.4 is 15.8 Å². The predicted molar refractivity (Wildman–Crippen MR) is 72.5 cm³/mol. The van der Waals surface area contributed by atoms with Gasteiger partial charge in [0.15, 0.2) is 11.6 Å². The van der Waals surface area contributed by atoms with E-state index in [1.165, 1.54) is 25.6 Å². The van der Waals surface area contributed by atoms with E-state index >= 15 is 0 Å². The maximum atomic E-state index is 13.9. The molecule has 0 aliphatic heterocycles. The average Bonchev–Trinajstić information content (AvgIpc) is 2.94. The van der Waals surface area contributed by atoms with E-state index < -0.39 is 11.8 Å². The summed E-state index contributed by atoms with van der Waals surface area (Å²) in [6, 6.07) is 1.64. The van der Waals surface area contributed by atoms with E-state index in [0.29, 0.717) is 12.2 Å². The van der Waals surface area contributed by atoms with E-state index in [1.807, 2.05) is 0 Å². The van der Waals surface area contributed by atoms with Gasteiger partial charge in [-0.2, -0.15) is 0 Å². The number of nitrogens with two attached hydrogens (primary N) is 1. The van der Waals surface area contributed by atoms with Gasteiger partial charge in [-0.15, -0.1) is 0 Å². The third-order valence-electron chi connectivity index (χ3n) is 2.54. The highest BCUT2D eigenvalue weighted by atomic mass is 19.1. The Bertz CT molecular complexity index is 616. The van der Waals surface area contributed by atoms with E-state index in [2.05, 4.69) is 10.3 Å². The van der Waals surface area contributed by atoms with Crippen LogP contribution in [0.4, 0.5) is 14.9 Å². The molecule has 2 aromatic rings. The molecule has 0 atom stereocenters. The third-order valence-corrected chi connectivity index (χ3v) is 2.54. The lowest BCUT2D eigenvalue weighted by atomic mass is 10.1. The number of oxazole rings is 1. The van der Waals surface area contributed by atoms with Crippen molar-refractivity contribution in [3.05, 3.63) is 30.4 Å². The Hall–Kier alpha value is -2.61. The van der Waals surface area contributed by atoms with Gasteiger partial charge in [0, 0.05) is 13.2 Å². The van der Waals surface area contributed by atoms with E-state index in [4.69, 9.17) is 19.6 Å². The van der Waals surface area contributed by atoms with Gasteiger partial charge >= 0.3 is 6.03 Å². The minimum Gasteiger partial charge on any atom is -0.488 e. The van der Waals surface area contributed by atoms with Gasteiger partial charge < -0.3 is 24.9 Å². The zero-order chi connectivity index (χ0) is 15.2. The quantitative estimate of drug-likeness (QED) is 0.794.